The standard InChI is InChI=1S/C15H18N2O3/c1-19-20-11-14-9-16-12-17(14)10-15(18)8-7-13-5-3-2-4-6-13/h2-6,9,12H,7-8,10-11H2,1H3. The predicted octanol–water partition coefficient (Wildman–Crippen LogP) is 2.16. The fourth-order valence-corrected chi connectivity index (χ4v) is 1.93. The molecule has 1 heterocycles. The van der Waals surface area contributed by atoms with Gasteiger partial charge in [0, 0.05) is 6.42 Å². The van der Waals surface area contributed by atoms with Gasteiger partial charge in [0.15, 0.2) is 5.78 Å². The van der Waals surface area contributed by atoms with Gasteiger partial charge in [-0.1, -0.05) is 30.3 Å². The molecular weight excluding hydrogens is 256 g/mol. The summed E-state index contributed by atoms with van der Waals surface area (Å²) in [7, 11) is 1.45. The number of Topliss-reactive ketones (excluding diaryl/α,β-unsaturated/α-hetero) is 1. The fourth-order valence-electron chi connectivity index (χ4n) is 1.93. The molecule has 20 heavy (non-hydrogen) atoms. The van der Waals surface area contributed by atoms with E-state index < -0.39 is 0 Å². The maximum atomic E-state index is 12.0. The average molecular weight is 274 g/mol. The molecule has 0 amide bonds. The number of hydrogen-bond donors (Lipinski definition) is 0. The molecule has 5 heteroatoms. The maximum absolute atomic E-state index is 12.0. The van der Waals surface area contributed by atoms with Crippen LogP contribution in [0.3, 0.4) is 0 Å². The SMILES string of the molecule is COOCc1cncn1CC(=O)CCc1ccccc1. The Balaban J connectivity index is 1.84. The second-order valence-electron chi connectivity index (χ2n) is 4.47. The number of ketones is 1. The lowest BCUT2D eigenvalue weighted by atomic mass is 10.1. The van der Waals surface area contributed by atoms with Crippen LogP contribution >= 0.6 is 0 Å². The molecule has 2 rings (SSSR count). The Kier molecular flexibility index (Phi) is 5.46. The third-order valence-electron chi connectivity index (χ3n) is 3.01. The minimum absolute atomic E-state index is 0.172. The summed E-state index contributed by atoms with van der Waals surface area (Å²) in [5, 5.41) is 0. The highest BCUT2D eigenvalue weighted by molar-refractivity contribution is 5.78. The molecule has 0 aliphatic carbocycles. The summed E-state index contributed by atoms with van der Waals surface area (Å²) in [5.41, 5.74) is 1.99. The van der Waals surface area contributed by atoms with Crippen LogP contribution in [0.5, 0.6) is 0 Å². The maximum Gasteiger partial charge on any atom is 0.152 e. The number of hydrogen-bond acceptors (Lipinski definition) is 4. The van der Waals surface area contributed by atoms with Gasteiger partial charge < -0.3 is 4.57 Å². The summed E-state index contributed by atoms with van der Waals surface area (Å²) in [6.07, 6.45) is 4.59. The number of benzene rings is 1. The van der Waals surface area contributed by atoms with E-state index in [1.54, 1.807) is 17.1 Å². The van der Waals surface area contributed by atoms with E-state index in [1.165, 1.54) is 12.7 Å². The van der Waals surface area contributed by atoms with Gasteiger partial charge in [0.25, 0.3) is 0 Å². The van der Waals surface area contributed by atoms with Gasteiger partial charge in [-0.15, -0.1) is 0 Å². The van der Waals surface area contributed by atoms with Crippen molar-refractivity contribution in [3.63, 3.8) is 0 Å². The van der Waals surface area contributed by atoms with Gasteiger partial charge in [-0.25, -0.2) is 14.8 Å². The molecule has 0 aliphatic heterocycles. The molecule has 2 aromatic rings. The first-order valence-corrected chi connectivity index (χ1v) is 6.50. The van der Waals surface area contributed by atoms with E-state index in [9.17, 15) is 4.79 Å². The van der Waals surface area contributed by atoms with E-state index in [1.807, 2.05) is 30.3 Å². The molecule has 0 radical (unpaired) electrons. The largest absolute Gasteiger partial charge is 0.325 e. The van der Waals surface area contributed by atoms with Crippen molar-refractivity contribution in [2.75, 3.05) is 7.11 Å². The van der Waals surface area contributed by atoms with Gasteiger partial charge in [0.2, 0.25) is 0 Å². The third-order valence-corrected chi connectivity index (χ3v) is 3.01. The Morgan fingerprint density at radius 2 is 2.10 bits per heavy atom. The summed E-state index contributed by atoms with van der Waals surface area (Å²) in [6, 6.07) is 10.00. The van der Waals surface area contributed by atoms with Crippen LogP contribution in [-0.4, -0.2) is 22.4 Å². The van der Waals surface area contributed by atoms with Gasteiger partial charge >= 0.3 is 0 Å². The Hall–Kier alpha value is -1.98. The summed E-state index contributed by atoms with van der Waals surface area (Å²) < 4.78 is 1.78. The van der Waals surface area contributed by atoms with Crippen LogP contribution in [0.25, 0.3) is 0 Å². The lowest BCUT2D eigenvalue weighted by molar-refractivity contribution is -0.283. The van der Waals surface area contributed by atoms with Gasteiger partial charge in [-0.2, -0.15) is 0 Å². The van der Waals surface area contributed by atoms with Crippen LogP contribution in [0, 0.1) is 0 Å². The summed E-state index contributed by atoms with van der Waals surface area (Å²) in [6.45, 7) is 0.595. The molecule has 0 atom stereocenters. The topological polar surface area (TPSA) is 53.4 Å². The highest BCUT2D eigenvalue weighted by Gasteiger charge is 2.08. The van der Waals surface area contributed by atoms with E-state index in [0.717, 1.165) is 12.1 Å². The van der Waals surface area contributed by atoms with Gasteiger partial charge in [-0.3, -0.25) is 4.79 Å². The normalized spacial score (nSPS) is 10.7. The van der Waals surface area contributed by atoms with Crippen molar-refractivity contribution in [1.82, 2.24) is 9.55 Å². The quantitative estimate of drug-likeness (QED) is 0.547. The van der Waals surface area contributed by atoms with Gasteiger partial charge in [0.1, 0.15) is 6.61 Å². The van der Waals surface area contributed by atoms with Gasteiger partial charge in [0.05, 0.1) is 31.9 Å². The highest BCUT2D eigenvalue weighted by Crippen LogP contribution is 2.06. The number of carbonyl (C=O) groups is 1. The molecule has 0 saturated heterocycles. The van der Waals surface area contributed by atoms with Crippen molar-refractivity contribution in [2.45, 2.75) is 26.0 Å². The van der Waals surface area contributed by atoms with Crippen molar-refractivity contribution in [1.29, 1.82) is 0 Å². The Labute approximate surface area is 118 Å². The van der Waals surface area contributed by atoms with Crippen LogP contribution in [0.4, 0.5) is 0 Å². The van der Waals surface area contributed by atoms with E-state index in [2.05, 4.69) is 9.87 Å². The first kappa shape index (κ1) is 14.4. The molecule has 1 aromatic carbocycles. The highest BCUT2D eigenvalue weighted by atomic mass is 17.2. The van der Waals surface area contributed by atoms with Crippen LogP contribution < -0.4 is 0 Å². The number of carbonyl (C=O) groups excluding carboxylic acids is 1. The lowest BCUT2D eigenvalue weighted by Gasteiger charge is -2.07. The van der Waals surface area contributed by atoms with Crippen molar-refractivity contribution < 1.29 is 14.6 Å². The van der Waals surface area contributed by atoms with Crippen LogP contribution in [0.1, 0.15) is 17.7 Å². The summed E-state index contributed by atoms with van der Waals surface area (Å²) in [4.78, 5) is 25.4. The molecule has 0 N–H and O–H groups in total. The number of imidazole rings is 1. The smallest absolute Gasteiger partial charge is 0.152 e. The zero-order valence-electron chi connectivity index (χ0n) is 11.5. The second kappa shape index (κ2) is 7.57. The Morgan fingerprint density at radius 3 is 2.85 bits per heavy atom. The molecule has 0 saturated carbocycles. The molecule has 1 aromatic heterocycles. The molecule has 0 bridgehead atoms. The van der Waals surface area contributed by atoms with E-state index >= 15 is 0 Å². The van der Waals surface area contributed by atoms with Gasteiger partial charge in [-0.05, 0) is 12.0 Å². The van der Waals surface area contributed by atoms with Crippen LogP contribution in [0.2, 0.25) is 0 Å². The Morgan fingerprint density at radius 1 is 1.30 bits per heavy atom. The van der Waals surface area contributed by atoms with Crippen molar-refractivity contribution in [3.05, 3.63) is 54.1 Å². The number of rotatable bonds is 8. The van der Waals surface area contributed by atoms with Crippen LogP contribution in [-0.2, 0) is 34.1 Å². The zero-order chi connectivity index (χ0) is 14.2. The zero-order valence-corrected chi connectivity index (χ0v) is 11.5. The monoisotopic (exact) mass is 274 g/mol. The van der Waals surface area contributed by atoms with E-state index in [-0.39, 0.29) is 12.4 Å². The minimum atomic E-state index is 0.172. The Bertz CT molecular complexity index is 537. The predicted molar refractivity (Wildman–Crippen MR) is 73.8 cm³/mol. The first-order chi connectivity index (χ1) is 9.79. The lowest BCUT2D eigenvalue weighted by Crippen LogP contribution is -2.13. The van der Waals surface area contributed by atoms with E-state index in [4.69, 9.17) is 4.89 Å². The van der Waals surface area contributed by atoms with Crippen LogP contribution in [0.15, 0.2) is 42.9 Å². The summed E-state index contributed by atoms with van der Waals surface area (Å²) >= 11 is 0. The molecule has 0 aliphatic rings. The average Bonchev–Trinajstić information content (AvgIpc) is 2.91. The fraction of sp³-hybridized carbons (Fsp3) is 0.333. The molecule has 0 spiro atoms. The molecule has 0 unspecified atom stereocenters. The number of aryl methyl sites for hydroxylation is 1. The van der Waals surface area contributed by atoms with Crippen molar-refractivity contribution >= 4 is 5.78 Å². The minimum Gasteiger partial charge on any atom is -0.325 e. The third kappa shape index (κ3) is 4.29. The molecular formula is C15H18N2O3. The van der Waals surface area contributed by atoms with E-state index in [0.29, 0.717) is 13.0 Å². The first-order valence-electron chi connectivity index (χ1n) is 6.50. The summed E-state index contributed by atoms with van der Waals surface area (Å²) in [5.74, 6) is 0.172. The van der Waals surface area contributed by atoms with Crippen molar-refractivity contribution in [3.8, 4) is 0 Å². The number of aromatic nitrogens is 2. The number of nitrogens with zero attached hydrogens (tertiary/aromatic N) is 2. The molecule has 106 valence electrons. The second-order valence-corrected chi connectivity index (χ2v) is 4.47. The molecule has 0 fully saturated rings. The van der Waals surface area contributed by atoms with Crippen molar-refractivity contribution in [2.24, 2.45) is 0 Å². The molecule has 5 nitrogen and oxygen atoms in total.